The molecule has 0 radical (unpaired) electrons. The van der Waals surface area contributed by atoms with E-state index in [1.165, 1.54) is 16.7 Å². The Bertz CT molecular complexity index is 394. The van der Waals surface area contributed by atoms with Crippen LogP contribution in [0.25, 0.3) is 6.08 Å². The molecule has 0 aromatic heterocycles. The molecule has 74 valence electrons. The quantitative estimate of drug-likeness (QED) is 0.741. The molecule has 0 fully saturated rings. The largest absolute Gasteiger partial charge is 0.495 e. The first-order valence-electron chi connectivity index (χ1n) is 4.76. The molecule has 1 aliphatic carbocycles. The molecule has 0 saturated carbocycles. The average Bonchev–Trinajstić information content (AvgIpc) is 2.18. The van der Waals surface area contributed by atoms with Crippen molar-refractivity contribution in [1.29, 1.82) is 0 Å². The molecule has 2 heteroatoms. The van der Waals surface area contributed by atoms with Crippen LogP contribution >= 0.6 is 15.9 Å². The number of aryl methyl sites for hydroxylation is 2. The molecule has 0 N–H and O–H groups in total. The van der Waals surface area contributed by atoms with Crippen molar-refractivity contribution in [3.05, 3.63) is 33.3 Å². The molecule has 2 rings (SSSR count). The van der Waals surface area contributed by atoms with E-state index in [9.17, 15) is 0 Å². The van der Waals surface area contributed by atoms with Crippen molar-refractivity contribution in [2.24, 2.45) is 0 Å². The molecule has 0 saturated heterocycles. The minimum absolute atomic E-state index is 0.954. The Morgan fingerprint density at radius 1 is 1.43 bits per heavy atom. The predicted molar refractivity (Wildman–Crippen MR) is 62.8 cm³/mol. The van der Waals surface area contributed by atoms with E-state index in [0.29, 0.717) is 0 Å². The number of ether oxygens (including phenoxy) is 1. The summed E-state index contributed by atoms with van der Waals surface area (Å²) >= 11 is 3.60. The topological polar surface area (TPSA) is 9.23 Å². The van der Waals surface area contributed by atoms with Crippen molar-refractivity contribution in [1.82, 2.24) is 0 Å². The van der Waals surface area contributed by atoms with E-state index in [0.717, 1.165) is 23.1 Å². The van der Waals surface area contributed by atoms with Crippen molar-refractivity contribution in [2.45, 2.75) is 19.8 Å². The number of halogens is 1. The molecule has 1 aromatic carbocycles. The summed E-state index contributed by atoms with van der Waals surface area (Å²) in [6.45, 7) is 2.09. The molecule has 0 amide bonds. The van der Waals surface area contributed by atoms with Crippen LogP contribution in [0.2, 0.25) is 0 Å². The lowest BCUT2D eigenvalue weighted by Gasteiger charge is -2.16. The molecule has 0 spiro atoms. The SMILES string of the molecule is COc1c(C)cc2c(c1Br)C=CCC2. The van der Waals surface area contributed by atoms with Crippen LogP contribution in [0.4, 0.5) is 0 Å². The lowest BCUT2D eigenvalue weighted by Crippen LogP contribution is -1.99. The Kier molecular flexibility index (Phi) is 2.64. The van der Waals surface area contributed by atoms with E-state index in [1.54, 1.807) is 7.11 Å². The molecule has 0 bridgehead atoms. The van der Waals surface area contributed by atoms with Gasteiger partial charge in [0.1, 0.15) is 5.75 Å². The van der Waals surface area contributed by atoms with Crippen molar-refractivity contribution in [2.75, 3.05) is 7.11 Å². The molecule has 1 aromatic rings. The van der Waals surface area contributed by atoms with Gasteiger partial charge in [0, 0.05) is 0 Å². The maximum Gasteiger partial charge on any atom is 0.136 e. The fourth-order valence-corrected chi connectivity index (χ4v) is 2.78. The molecule has 1 aliphatic rings. The maximum absolute atomic E-state index is 5.36. The number of hydrogen-bond acceptors (Lipinski definition) is 1. The number of benzene rings is 1. The summed E-state index contributed by atoms with van der Waals surface area (Å²) < 4.78 is 6.45. The smallest absolute Gasteiger partial charge is 0.136 e. The average molecular weight is 253 g/mol. The van der Waals surface area contributed by atoms with E-state index in [1.807, 2.05) is 0 Å². The molecular weight excluding hydrogens is 240 g/mol. The monoisotopic (exact) mass is 252 g/mol. The predicted octanol–water partition coefficient (Wildman–Crippen LogP) is 3.73. The van der Waals surface area contributed by atoms with Gasteiger partial charge in [0.2, 0.25) is 0 Å². The van der Waals surface area contributed by atoms with Gasteiger partial charge < -0.3 is 4.74 Å². The highest BCUT2D eigenvalue weighted by atomic mass is 79.9. The first kappa shape index (κ1) is 9.78. The van der Waals surface area contributed by atoms with Gasteiger partial charge in [0.05, 0.1) is 11.6 Å². The summed E-state index contributed by atoms with van der Waals surface area (Å²) in [5, 5.41) is 0. The van der Waals surface area contributed by atoms with Gasteiger partial charge in [0.15, 0.2) is 0 Å². The fourth-order valence-electron chi connectivity index (χ4n) is 1.92. The van der Waals surface area contributed by atoms with Gasteiger partial charge in [0.25, 0.3) is 0 Å². The minimum Gasteiger partial charge on any atom is -0.495 e. The first-order valence-corrected chi connectivity index (χ1v) is 5.56. The minimum atomic E-state index is 0.954. The van der Waals surface area contributed by atoms with Crippen LogP contribution in [0.15, 0.2) is 16.6 Å². The second-order valence-electron chi connectivity index (χ2n) is 3.55. The lowest BCUT2D eigenvalue weighted by atomic mass is 9.95. The van der Waals surface area contributed by atoms with Gasteiger partial charge in [-0.1, -0.05) is 18.2 Å². The zero-order valence-corrected chi connectivity index (χ0v) is 10.0. The second-order valence-corrected chi connectivity index (χ2v) is 4.35. The summed E-state index contributed by atoms with van der Waals surface area (Å²) in [5.41, 5.74) is 3.89. The van der Waals surface area contributed by atoms with Crippen LogP contribution in [0.1, 0.15) is 23.1 Å². The van der Waals surface area contributed by atoms with E-state index in [-0.39, 0.29) is 0 Å². The molecular formula is C12H13BrO. The molecule has 0 unspecified atom stereocenters. The van der Waals surface area contributed by atoms with Crippen molar-refractivity contribution in [3.63, 3.8) is 0 Å². The van der Waals surface area contributed by atoms with E-state index < -0.39 is 0 Å². The Labute approximate surface area is 92.9 Å². The van der Waals surface area contributed by atoms with E-state index in [2.05, 4.69) is 41.1 Å². The van der Waals surface area contributed by atoms with E-state index >= 15 is 0 Å². The maximum atomic E-state index is 5.36. The molecule has 14 heavy (non-hydrogen) atoms. The molecule has 0 heterocycles. The standard InChI is InChI=1S/C12H13BrO/c1-8-7-9-5-3-4-6-10(9)11(13)12(8)14-2/h4,6-7H,3,5H2,1-2H3. The van der Waals surface area contributed by atoms with Crippen molar-refractivity contribution in [3.8, 4) is 5.75 Å². The van der Waals surface area contributed by atoms with Crippen molar-refractivity contribution >= 4 is 22.0 Å². The number of hydrogen-bond donors (Lipinski definition) is 0. The Morgan fingerprint density at radius 3 is 2.93 bits per heavy atom. The van der Waals surface area contributed by atoms with Crippen LogP contribution < -0.4 is 4.74 Å². The van der Waals surface area contributed by atoms with Crippen LogP contribution in [-0.4, -0.2) is 7.11 Å². The van der Waals surface area contributed by atoms with Crippen LogP contribution in [0, 0.1) is 6.92 Å². The number of fused-ring (bicyclic) bond motifs is 1. The highest BCUT2D eigenvalue weighted by molar-refractivity contribution is 9.10. The first-order chi connectivity index (χ1) is 6.74. The highest BCUT2D eigenvalue weighted by Gasteiger charge is 2.14. The Balaban J connectivity index is 2.65. The lowest BCUT2D eigenvalue weighted by molar-refractivity contribution is 0.408. The van der Waals surface area contributed by atoms with Crippen LogP contribution in [-0.2, 0) is 6.42 Å². The summed E-state index contributed by atoms with van der Waals surface area (Å²) in [5.74, 6) is 0.954. The van der Waals surface area contributed by atoms with E-state index in [4.69, 9.17) is 4.74 Å². The summed E-state index contributed by atoms with van der Waals surface area (Å²) in [6, 6.07) is 2.22. The number of rotatable bonds is 1. The van der Waals surface area contributed by atoms with Gasteiger partial charge in [-0.2, -0.15) is 0 Å². The third-order valence-electron chi connectivity index (χ3n) is 2.60. The molecule has 0 aliphatic heterocycles. The summed E-state index contributed by atoms with van der Waals surface area (Å²) in [6.07, 6.45) is 6.66. The molecule has 1 nitrogen and oxygen atoms in total. The normalized spacial score (nSPS) is 13.9. The molecule has 0 atom stereocenters. The van der Waals surface area contributed by atoms with Gasteiger partial charge in [-0.05, 0) is 52.4 Å². The Hall–Kier alpha value is -0.760. The second kappa shape index (κ2) is 3.77. The summed E-state index contributed by atoms with van der Waals surface area (Å²) in [7, 11) is 1.71. The number of allylic oxidation sites excluding steroid dienone is 1. The zero-order valence-electron chi connectivity index (χ0n) is 8.43. The Morgan fingerprint density at radius 2 is 2.21 bits per heavy atom. The zero-order chi connectivity index (χ0) is 10.1. The third-order valence-corrected chi connectivity index (χ3v) is 3.39. The van der Waals surface area contributed by atoms with Crippen molar-refractivity contribution < 1.29 is 4.74 Å². The van der Waals surface area contributed by atoms with Gasteiger partial charge in [-0.15, -0.1) is 0 Å². The van der Waals surface area contributed by atoms with Gasteiger partial charge in [-0.3, -0.25) is 0 Å². The van der Waals surface area contributed by atoms with Crippen LogP contribution in [0.5, 0.6) is 5.75 Å². The fraction of sp³-hybridized carbons (Fsp3) is 0.333. The van der Waals surface area contributed by atoms with Crippen LogP contribution in [0.3, 0.4) is 0 Å². The highest BCUT2D eigenvalue weighted by Crippen LogP contribution is 2.37. The number of methoxy groups -OCH3 is 1. The van der Waals surface area contributed by atoms with Gasteiger partial charge in [-0.25, -0.2) is 0 Å². The third kappa shape index (κ3) is 1.48. The summed E-state index contributed by atoms with van der Waals surface area (Å²) in [4.78, 5) is 0. The van der Waals surface area contributed by atoms with Gasteiger partial charge >= 0.3 is 0 Å².